The lowest BCUT2D eigenvalue weighted by atomic mass is 10.2. The molecule has 0 saturated heterocycles. The third kappa shape index (κ3) is 2.56. The second kappa shape index (κ2) is 4.98. The van der Waals surface area contributed by atoms with Gasteiger partial charge >= 0.3 is 0 Å². The van der Waals surface area contributed by atoms with Gasteiger partial charge in [0.1, 0.15) is 10.8 Å². The van der Waals surface area contributed by atoms with Crippen molar-refractivity contribution < 1.29 is 9.13 Å². The quantitative estimate of drug-likeness (QED) is 0.781. The Morgan fingerprint density at radius 1 is 1.35 bits per heavy atom. The van der Waals surface area contributed by atoms with Gasteiger partial charge in [-0.25, -0.2) is 14.4 Å². The molecule has 0 aliphatic rings. The van der Waals surface area contributed by atoms with Crippen LogP contribution in [0.4, 0.5) is 4.39 Å². The topological polar surface area (TPSA) is 35.0 Å². The molecule has 88 valence electrons. The zero-order valence-corrected chi connectivity index (χ0v) is 11.1. The predicted molar refractivity (Wildman–Crippen MR) is 66.0 cm³/mol. The third-order valence-electron chi connectivity index (χ3n) is 2.08. The Morgan fingerprint density at radius 2 is 2.12 bits per heavy atom. The summed E-state index contributed by atoms with van der Waals surface area (Å²) in [6.07, 6.45) is 1.25. The number of hydrogen-bond acceptors (Lipinski definition) is 3. The zero-order valence-electron chi connectivity index (χ0n) is 8.75. The molecule has 1 heterocycles. The van der Waals surface area contributed by atoms with Crippen molar-refractivity contribution in [1.82, 2.24) is 9.97 Å². The van der Waals surface area contributed by atoms with Crippen molar-refractivity contribution in [3.8, 4) is 11.6 Å². The first-order valence-electron chi connectivity index (χ1n) is 4.68. The number of rotatable bonds is 2. The fourth-order valence-electron chi connectivity index (χ4n) is 1.21. The van der Waals surface area contributed by atoms with Crippen LogP contribution < -0.4 is 4.74 Å². The maximum Gasteiger partial charge on any atom is 0.238 e. The number of ether oxygens (including phenoxy) is 1. The van der Waals surface area contributed by atoms with Gasteiger partial charge in [-0.2, -0.15) is 0 Å². The molecule has 2 aromatic rings. The molecular formula is C11H7BrClFN2O. The number of aryl methyl sites for hydroxylation is 1. The summed E-state index contributed by atoms with van der Waals surface area (Å²) < 4.78 is 19.4. The first-order chi connectivity index (χ1) is 8.09. The van der Waals surface area contributed by atoms with Crippen molar-refractivity contribution in [3.05, 3.63) is 45.5 Å². The number of hydrogen-bond donors (Lipinski definition) is 0. The van der Waals surface area contributed by atoms with E-state index in [-0.39, 0.29) is 16.8 Å². The average Bonchev–Trinajstić information content (AvgIpc) is 2.31. The highest BCUT2D eigenvalue weighted by atomic mass is 79.9. The fraction of sp³-hybridized carbons (Fsp3) is 0.0909. The molecule has 17 heavy (non-hydrogen) atoms. The largest absolute Gasteiger partial charge is 0.435 e. The minimum Gasteiger partial charge on any atom is -0.435 e. The maximum atomic E-state index is 13.7. The molecule has 0 aliphatic heterocycles. The Bertz CT molecular complexity index is 516. The number of aromatic nitrogens is 2. The normalized spacial score (nSPS) is 10.4. The van der Waals surface area contributed by atoms with Gasteiger partial charge in [-0.15, -0.1) is 0 Å². The van der Waals surface area contributed by atoms with Crippen LogP contribution in [0.15, 0.2) is 29.0 Å². The SMILES string of the molecule is Cc1cccc(Oc2ncnc(Cl)c2Br)c1F. The van der Waals surface area contributed by atoms with Gasteiger partial charge in [0.05, 0.1) is 0 Å². The van der Waals surface area contributed by atoms with Crippen LogP contribution in [0.2, 0.25) is 5.15 Å². The van der Waals surface area contributed by atoms with E-state index in [1.54, 1.807) is 19.1 Å². The van der Waals surface area contributed by atoms with Crippen LogP contribution in [0.5, 0.6) is 11.6 Å². The second-order valence-electron chi connectivity index (χ2n) is 3.27. The van der Waals surface area contributed by atoms with Crippen LogP contribution in [-0.4, -0.2) is 9.97 Å². The Kier molecular flexibility index (Phi) is 3.59. The van der Waals surface area contributed by atoms with Crippen LogP contribution in [0, 0.1) is 12.7 Å². The Balaban J connectivity index is 2.38. The minimum atomic E-state index is -0.422. The smallest absolute Gasteiger partial charge is 0.238 e. The molecule has 0 aliphatic carbocycles. The summed E-state index contributed by atoms with van der Waals surface area (Å²) in [7, 11) is 0. The van der Waals surface area contributed by atoms with E-state index in [2.05, 4.69) is 25.9 Å². The van der Waals surface area contributed by atoms with Crippen molar-refractivity contribution in [1.29, 1.82) is 0 Å². The van der Waals surface area contributed by atoms with Crippen molar-refractivity contribution in [2.24, 2.45) is 0 Å². The molecule has 0 radical (unpaired) electrons. The molecule has 0 N–H and O–H groups in total. The molecular weight excluding hydrogens is 310 g/mol. The first kappa shape index (κ1) is 12.3. The summed E-state index contributed by atoms with van der Waals surface area (Å²) in [5.41, 5.74) is 0.499. The lowest BCUT2D eigenvalue weighted by Crippen LogP contribution is -1.94. The molecule has 6 heteroatoms. The van der Waals surface area contributed by atoms with Gasteiger partial charge in [-0.05, 0) is 34.5 Å². The second-order valence-corrected chi connectivity index (χ2v) is 4.42. The molecule has 1 aromatic heterocycles. The lowest BCUT2D eigenvalue weighted by Gasteiger charge is -2.08. The van der Waals surface area contributed by atoms with Crippen molar-refractivity contribution in [3.63, 3.8) is 0 Å². The Morgan fingerprint density at radius 3 is 2.88 bits per heavy atom. The molecule has 0 fully saturated rings. The summed E-state index contributed by atoms with van der Waals surface area (Å²) in [5.74, 6) is -0.149. The van der Waals surface area contributed by atoms with E-state index in [9.17, 15) is 4.39 Å². The fourth-order valence-corrected chi connectivity index (χ4v) is 1.62. The molecule has 2 rings (SSSR count). The summed E-state index contributed by atoms with van der Waals surface area (Å²) in [5, 5.41) is 0.211. The zero-order chi connectivity index (χ0) is 12.4. The van der Waals surface area contributed by atoms with Crippen molar-refractivity contribution in [2.45, 2.75) is 6.92 Å². The summed E-state index contributed by atoms with van der Waals surface area (Å²) in [6.45, 7) is 1.66. The lowest BCUT2D eigenvalue weighted by molar-refractivity contribution is 0.422. The minimum absolute atomic E-state index is 0.0977. The number of benzene rings is 1. The van der Waals surface area contributed by atoms with Crippen LogP contribution >= 0.6 is 27.5 Å². The predicted octanol–water partition coefficient (Wildman–Crippen LogP) is 4.13. The highest BCUT2D eigenvalue weighted by Crippen LogP contribution is 2.32. The third-order valence-corrected chi connectivity index (χ3v) is 3.31. The number of halogens is 3. The molecule has 0 unspecified atom stereocenters. The average molecular weight is 318 g/mol. The van der Waals surface area contributed by atoms with E-state index < -0.39 is 5.82 Å². The van der Waals surface area contributed by atoms with Gasteiger partial charge in [0.15, 0.2) is 16.7 Å². The van der Waals surface area contributed by atoms with Gasteiger partial charge in [0.2, 0.25) is 5.88 Å². The van der Waals surface area contributed by atoms with E-state index in [1.165, 1.54) is 12.4 Å². The van der Waals surface area contributed by atoms with Crippen LogP contribution in [0.3, 0.4) is 0 Å². The molecule has 0 atom stereocenters. The Labute approximate surface area is 111 Å². The van der Waals surface area contributed by atoms with Gasteiger partial charge in [-0.1, -0.05) is 23.7 Å². The van der Waals surface area contributed by atoms with Gasteiger partial charge < -0.3 is 4.74 Å². The molecule has 0 spiro atoms. The first-order valence-corrected chi connectivity index (χ1v) is 5.85. The van der Waals surface area contributed by atoms with Crippen molar-refractivity contribution >= 4 is 27.5 Å². The van der Waals surface area contributed by atoms with Crippen molar-refractivity contribution in [2.75, 3.05) is 0 Å². The summed E-state index contributed by atoms with van der Waals surface area (Å²) >= 11 is 8.96. The van der Waals surface area contributed by atoms with Gasteiger partial charge in [0.25, 0.3) is 0 Å². The molecule has 0 amide bonds. The molecule has 1 aromatic carbocycles. The Hall–Kier alpha value is -1.20. The maximum absolute atomic E-state index is 13.7. The summed E-state index contributed by atoms with van der Waals surface area (Å²) in [6, 6.07) is 4.87. The van der Waals surface area contributed by atoms with E-state index in [4.69, 9.17) is 16.3 Å². The van der Waals surface area contributed by atoms with E-state index in [0.29, 0.717) is 10.0 Å². The highest BCUT2D eigenvalue weighted by molar-refractivity contribution is 9.10. The van der Waals surface area contributed by atoms with Gasteiger partial charge in [-0.3, -0.25) is 0 Å². The van der Waals surface area contributed by atoms with E-state index in [1.807, 2.05) is 0 Å². The van der Waals surface area contributed by atoms with Crippen LogP contribution in [0.25, 0.3) is 0 Å². The van der Waals surface area contributed by atoms with Crippen LogP contribution in [0.1, 0.15) is 5.56 Å². The molecule has 0 bridgehead atoms. The standard InChI is InChI=1S/C11H7BrClFN2O/c1-6-3-2-4-7(9(6)14)17-11-8(12)10(13)15-5-16-11/h2-5H,1H3. The summed E-state index contributed by atoms with van der Waals surface area (Å²) in [4.78, 5) is 7.63. The highest BCUT2D eigenvalue weighted by Gasteiger charge is 2.12. The molecule has 0 saturated carbocycles. The van der Waals surface area contributed by atoms with Crippen LogP contribution in [-0.2, 0) is 0 Å². The number of nitrogens with zero attached hydrogens (tertiary/aromatic N) is 2. The van der Waals surface area contributed by atoms with E-state index in [0.717, 1.165) is 0 Å². The molecule has 3 nitrogen and oxygen atoms in total. The van der Waals surface area contributed by atoms with Gasteiger partial charge in [0, 0.05) is 0 Å². The van der Waals surface area contributed by atoms with E-state index >= 15 is 0 Å². The monoisotopic (exact) mass is 316 g/mol.